The monoisotopic (exact) mass is 350 g/mol. The number of aliphatic imine (C=N–C) groups is 1. The highest BCUT2D eigenvalue weighted by atomic mass is 32.2. The number of para-hydroxylation sites is 2. The standard InChI is InChI=1S/C20H15FN2OS/c21-15-10-8-14(9-11-15)19(24)13-25-20-18-7-3-4-12-23(18)17-6-2-1-5-16(17)22-20/h1-11H,12-13H2. The minimum absolute atomic E-state index is 0.0370. The van der Waals surface area contributed by atoms with E-state index in [-0.39, 0.29) is 17.4 Å². The van der Waals surface area contributed by atoms with Crippen molar-refractivity contribution in [2.24, 2.45) is 4.99 Å². The van der Waals surface area contributed by atoms with E-state index >= 15 is 0 Å². The van der Waals surface area contributed by atoms with Gasteiger partial charge in [0, 0.05) is 12.1 Å². The van der Waals surface area contributed by atoms with Crippen LogP contribution < -0.4 is 4.90 Å². The summed E-state index contributed by atoms with van der Waals surface area (Å²) in [5.41, 5.74) is 3.51. The van der Waals surface area contributed by atoms with Gasteiger partial charge in [0.05, 0.1) is 22.8 Å². The Balaban J connectivity index is 1.58. The lowest BCUT2D eigenvalue weighted by Crippen LogP contribution is -2.30. The van der Waals surface area contributed by atoms with Gasteiger partial charge < -0.3 is 4.90 Å². The van der Waals surface area contributed by atoms with Gasteiger partial charge in [-0.3, -0.25) is 4.79 Å². The van der Waals surface area contributed by atoms with E-state index in [1.165, 1.54) is 36.0 Å². The first-order valence-corrected chi connectivity index (χ1v) is 8.95. The number of carbonyl (C=O) groups excluding carboxylic acids is 1. The first-order valence-electron chi connectivity index (χ1n) is 7.96. The Kier molecular flexibility index (Phi) is 4.24. The fourth-order valence-corrected chi connectivity index (χ4v) is 3.76. The zero-order valence-electron chi connectivity index (χ0n) is 13.4. The number of hydrogen-bond acceptors (Lipinski definition) is 4. The van der Waals surface area contributed by atoms with Gasteiger partial charge in [0.2, 0.25) is 0 Å². The van der Waals surface area contributed by atoms with E-state index in [0.717, 1.165) is 28.7 Å². The molecule has 124 valence electrons. The molecule has 0 saturated heterocycles. The van der Waals surface area contributed by atoms with Crippen molar-refractivity contribution in [3.8, 4) is 0 Å². The number of ketones is 1. The van der Waals surface area contributed by atoms with Crippen LogP contribution >= 0.6 is 11.8 Å². The van der Waals surface area contributed by atoms with Gasteiger partial charge in [0.15, 0.2) is 5.78 Å². The summed E-state index contributed by atoms with van der Waals surface area (Å²) in [6, 6.07) is 13.6. The van der Waals surface area contributed by atoms with Crippen LogP contribution in [-0.2, 0) is 0 Å². The second kappa shape index (κ2) is 6.69. The summed E-state index contributed by atoms with van der Waals surface area (Å²) >= 11 is 1.42. The number of allylic oxidation sites excluding steroid dienone is 2. The van der Waals surface area contributed by atoms with Gasteiger partial charge >= 0.3 is 0 Å². The van der Waals surface area contributed by atoms with Gasteiger partial charge in [-0.15, -0.1) is 0 Å². The van der Waals surface area contributed by atoms with E-state index in [2.05, 4.69) is 17.0 Å². The Labute approximate surface area is 149 Å². The third-order valence-electron chi connectivity index (χ3n) is 4.09. The van der Waals surface area contributed by atoms with E-state index in [1.54, 1.807) is 0 Å². The third-order valence-corrected chi connectivity index (χ3v) is 5.07. The molecule has 3 nitrogen and oxygen atoms in total. The van der Waals surface area contributed by atoms with E-state index in [1.807, 2.05) is 30.4 Å². The average molecular weight is 350 g/mol. The van der Waals surface area contributed by atoms with Crippen LogP contribution in [0.15, 0.2) is 77.4 Å². The SMILES string of the molecule is O=C(CSC1=Nc2ccccc2N2CC=CC=C12)c1ccc(F)cc1. The van der Waals surface area contributed by atoms with Crippen LogP contribution in [-0.4, -0.2) is 23.1 Å². The van der Waals surface area contributed by atoms with Crippen molar-refractivity contribution in [2.75, 3.05) is 17.2 Å². The van der Waals surface area contributed by atoms with E-state index in [9.17, 15) is 9.18 Å². The van der Waals surface area contributed by atoms with Gasteiger partial charge in [-0.1, -0.05) is 36.0 Å². The molecule has 2 aliphatic heterocycles. The molecule has 0 saturated carbocycles. The molecule has 0 amide bonds. The van der Waals surface area contributed by atoms with Crippen LogP contribution in [0.3, 0.4) is 0 Å². The predicted octanol–water partition coefficient (Wildman–Crippen LogP) is 4.75. The van der Waals surface area contributed by atoms with Gasteiger partial charge in [-0.05, 0) is 42.5 Å². The summed E-state index contributed by atoms with van der Waals surface area (Å²) in [4.78, 5) is 19.3. The maximum Gasteiger partial charge on any atom is 0.173 e. The normalized spacial score (nSPS) is 15.2. The number of Topliss-reactive ketones (excluding diaryl/α,β-unsaturated/α-hetero) is 1. The lowest BCUT2D eigenvalue weighted by atomic mass is 10.1. The first kappa shape index (κ1) is 15.8. The maximum atomic E-state index is 13.0. The van der Waals surface area contributed by atoms with Crippen molar-refractivity contribution in [1.82, 2.24) is 0 Å². The topological polar surface area (TPSA) is 32.7 Å². The largest absolute Gasteiger partial charge is 0.334 e. The number of nitrogens with zero attached hydrogens (tertiary/aromatic N) is 2. The summed E-state index contributed by atoms with van der Waals surface area (Å²) in [6.45, 7) is 0.786. The van der Waals surface area contributed by atoms with Crippen LogP contribution in [0.25, 0.3) is 0 Å². The molecule has 0 aliphatic carbocycles. The van der Waals surface area contributed by atoms with Crippen LogP contribution in [0.1, 0.15) is 10.4 Å². The Morgan fingerprint density at radius 1 is 1.16 bits per heavy atom. The molecule has 0 spiro atoms. The molecular formula is C20H15FN2OS. The first-order chi connectivity index (χ1) is 12.2. The summed E-state index contributed by atoms with van der Waals surface area (Å²) < 4.78 is 13.0. The molecule has 2 aromatic rings. The molecular weight excluding hydrogens is 335 g/mol. The fraction of sp³-hybridized carbons (Fsp3) is 0.100. The molecule has 0 aromatic heterocycles. The highest BCUT2D eigenvalue weighted by molar-refractivity contribution is 8.15. The van der Waals surface area contributed by atoms with Gasteiger partial charge in [0.1, 0.15) is 10.9 Å². The second-order valence-electron chi connectivity index (χ2n) is 5.72. The smallest absolute Gasteiger partial charge is 0.173 e. The summed E-state index contributed by atoms with van der Waals surface area (Å²) in [5.74, 6) is -0.112. The number of rotatable bonds is 3. The minimum Gasteiger partial charge on any atom is -0.334 e. The highest BCUT2D eigenvalue weighted by Crippen LogP contribution is 2.39. The Morgan fingerprint density at radius 2 is 1.96 bits per heavy atom. The highest BCUT2D eigenvalue weighted by Gasteiger charge is 2.25. The van der Waals surface area contributed by atoms with Crippen molar-refractivity contribution in [2.45, 2.75) is 0 Å². The average Bonchev–Trinajstić information content (AvgIpc) is 2.66. The lowest BCUT2D eigenvalue weighted by Gasteiger charge is -2.33. The molecule has 2 aromatic carbocycles. The van der Waals surface area contributed by atoms with Crippen molar-refractivity contribution in [3.63, 3.8) is 0 Å². The molecule has 0 fully saturated rings. The molecule has 0 bridgehead atoms. The summed E-state index contributed by atoms with van der Waals surface area (Å²) in [7, 11) is 0. The minimum atomic E-state index is -0.341. The maximum absolute atomic E-state index is 13.0. The number of carbonyl (C=O) groups is 1. The van der Waals surface area contributed by atoms with Crippen LogP contribution in [0.2, 0.25) is 0 Å². The van der Waals surface area contributed by atoms with Gasteiger partial charge in [-0.25, -0.2) is 9.38 Å². The number of benzene rings is 2. The Morgan fingerprint density at radius 3 is 2.80 bits per heavy atom. The molecule has 2 aliphatic rings. The lowest BCUT2D eigenvalue weighted by molar-refractivity contribution is 0.102. The summed E-state index contributed by atoms with van der Waals surface area (Å²) in [6.07, 6.45) is 6.13. The zero-order chi connectivity index (χ0) is 17.2. The number of anilines is 1. The molecule has 0 atom stereocenters. The number of hydrogen-bond donors (Lipinski definition) is 0. The Bertz CT molecular complexity index is 916. The number of fused-ring (bicyclic) bond motifs is 3. The quantitative estimate of drug-likeness (QED) is 0.749. The molecule has 2 heterocycles. The number of halogens is 1. The molecule has 0 N–H and O–H groups in total. The number of thioether (sulfide) groups is 1. The van der Waals surface area contributed by atoms with Crippen LogP contribution in [0, 0.1) is 5.82 Å². The molecule has 5 heteroatoms. The van der Waals surface area contributed by atoms with Crippen molar-refractivity contribution in [3.05, 3.63) is 83.8 Å². The fourth-order valence-electron chi connectivity index (χ4n) is 2.84. The second-order valence-corrected chi connectivity index (χ2v) is 6.68. The summed E-state index contributed by atoms with van der Waals surface area (Å²) in [5, 5.41) is 0.832. The van der Waals surface area contributed by atoms with E-state index in [4.69, 9.17) is 4.99 Å². The van der Waals surface area contributed by atoms with E-state index in [0.29, 0.717) is 5.56 Å². The van der Waals surface area contributed by atoms with Gasteiger partial charge in [-0.2, -0.15) is 0 Å². The van der Waals surface area contributed by atoms with Gasteiger partial charge in [0.25, 0.3) is 0 Å². The van der Waals surface area contributed by atoms with Crippen molar-refractivity contribution >= 4 is 34.0 Å². The Hall–Kier alpha value is -2.66. The molecule has 25 heavy (non-hydrogen) atoms. The molecule has 4 rings (SSSR count). The van der Waals surface area contributed by atoms with Crippen molar-refractivity contribution in [1.29, 1.82) is 0 Å². The van der Waals surface area contributed by atoms with Crippen molar-refractivity contribution < 1.29 is 9.18 Å². The predicted molar refractivity (Wildman–Crippen MR) is 101 cm³/mol. The molecule has 0 radical (unpaired) electrons. The third kappa shape index (κ3) is 3.15. The van der Waals surface area contributed by atoms with Crippen LogP contribution in [0.4, 0.5) is 15.8 Å². The van der Waals surface area contributed by atoms with Crippen LogP contribution in [0.5, 0.6) is 0 Å². The molecule has 0 unspecified atom stereocenters. The zero-order valence-corrected chi connectivity index (χ0v) is 14.2. The van der Waals surface area contributed by atoms with E-state index < -0.39 is 0 Å².